The maximum Gasteiger partial charge on any atom is 0.238 e. The molecule has 1 saturated heterocycles. The number of hydrogen-bond acceptors (Lipinski definition) is 4. The number of benzene rings is 2. The first kappa shape index (κ1) is 15.0. The molecule has 5 heteroatoms. The molecule has 0 spiro atoms. The van der Waals surface area contributed by atoms with E-state index in [0.717, 1.165) is 30.8 Å². The number of anilines is 1. The largest absolute Gasteiger partial charge is 0.454 e. The van der Waals surface area contributed by atoms with E-state index in [1.54, 1.807) is 6.07 Å². The lowest BCUT2D eigenvalue weighted by atomic mass is 10.0. The fraction of sp³-hybridized carbons (Fsp3) is 0.316. The van der Waals surface area contributed by atoms with Crippen molar-refractivity contribution in [3.8, 4) is 11.5 Å². The quantitative estimate of drug-likeness (QED) is 0.938. The van der Waals surface area contributed by atoms with E-state index in [0.29, 0.717) is 18.3 Å². The summed E-state index contributed by atoms with van der Waals surface area (Å²) in [4.78, 5) is 14.7. The van der Waals surface area contributed by atoms with Gasteiger partial charge in [0, 0.05) is 17.8 Å². The van der Waals surface area contributed by atoms with Crippen molar-refractivity contribution in [2.75, 3.05) is 25.2 Å². The van der Waals surface area contributed by atoms with E-state index in [2.05, 4.69) is 34.5 Å². The van der Waals surface area contributed by atoms with Gasteiger partial charge in [0.1, 0.15) is 0 Å². The van der Waals surface area contributed by atoms with Gasteiger partial charge in [-0.15, -0.1) is 0 Å². The molecule has 1 N–H and O–H groups in total. The Balaban J connectivity index is 1.40. The van der Waals surface area contributed by atoms with Crippen LogP contribution in [0.3, 0.4) is 0 Å². The molecule has 1 amide bonds. The van der Waals surface area contributed by atoms with E-state index in [1.165, 1.54) is 5.56 Å². The second-order valence-corrected chi connectivity index (χ2v) is 6.16. The Bertz CT molecular complexity index is 733. The van der Waals surface area contributed by atoms with Crippen molar-refractivity contribution in [2.45, 2.75) is 18.9 Å². The summed E-state index contributed by atoms with van der Waals surface area (Å²) in [5, 5.41) is 2.95. The van der Waals surface area contributed by atoms with Gasteiger partial charge in [0.2, 0.25) is 12.7 Å². The Morgan fingerprint density at radius 1 is 1.12 bits per heavy atom. The lowest BCUT2D eigenvalue weighted by molar-refractivity contribution is -0.117. The van der Waals surface area contributed by atoms with Crippen molar-refractivity contribution < 1.29 is 14.3 Å². The van der Waals surface area contributed by atoms with Crippen molar-refractivity contribution in [3.05, 3.63) is 54.1 Å². The fourth-order valence-electron chi connectivity index (χ4n) is 3.43. The van der Waals surface area contributed by atoms with Crippen LogP contribution in [0.25, 0.3) is 0 Å². The number of fused-ring (bicyclic) bond motifs is 1. The van der Waals surface area contributed by atoms with Crippen LogP contribution in [0.15, 0.2) is 48.5 Å². The highest BCUT2D eigenvalue weighted by Gasteiger charge is 2.27. The van der Waals surface area contributed by atoms with Gasteiger partial charge in [-0.1, -0.05) is 30.3 Å². The molecule has 0 aromatic heterocycles. The van der Waals surface area contributed by atoms with Crippen molar-refractivity contribution in [1.82, 2.24) is 4.90 Å². The van der Waals surface area contributed by atoms with Gasteiger partial charge < -0.3 is 14.8 Å². The highest BCUT2D eigenvalue weighted by molar-refractivity contribution is 5.92. The van der Waals surface area contributed by atoms with Crippen LogP contribution in [0.1, 0.15) is 24.4 Å². The summed E-state index contributed by atoms with van der Waals surface area (Å²) >= 11 is 0. The monoisotopic (exact) mass is 324 g/mol. The van der Waals surface area contributed by atoms with Gasteiger partial charge in [0.15, 0.2) is 11.5 Å². The van der Waals surface area contributed by atoms with E-state index < -0.39 is 0 Å². The topological polar surface area (TPSA) is 50.8 Å². The molecule has 2 aliphatic heterocycles. The second kappa shape index (κ2) is 6.53. The van der Waals surface area contributed by atoms with Crippen LogP contribution in [0.4, 0.5) is 5.69 Å². The van der Waals surface area contributed by atoms with Crippen molar-refractivity contribution in [1.29, 1.82) is 0 Å². The van der Waals surface area contributed by atoms with E-state index in [-0.39, 0.29) is 12.7 Å². The predicted octanol–water partition coefficient (Wildman–Crippen LogP) is 3.19. The molecule has 124 valence electrons. The lowest BCUT2D eigenvalue weighted by Gasteiger charge is -2.24. The molecule has 0 aliphatic carbocycles. The van der Waals surface area contributed by atoms with Crippen molar-refractivity contribution in [3.63, 3.8) is 0 Å². The SMILES string of the molecule is O=C(CN1CCC[C@@H]1c1ccccc1)Nc1ccc2c(c1)OCO2. The molecule has 2 aromatic carbocycles. The van der Waals surface area contributed by atoms with Crippen LogP contribution in [0.5, 0.6) is 11.5 Å². The summed E-state index contributed by atoms with van der Waals surface area (Å²) in [5.41, 5.74) is 2.02. The Kier molecular flexibility index (Phi) is 4.09. The van der Waals surface area contributed by atoms with Crippen LogP contribution >= 0.6 is 0 Å². The molecule has 0 saturated carbocycles. The van der Waals surface area contributed by atoms with Crippen LogP contribution in [0.2, 0.25) is 0 Å². The van der Waals surface area contributed by atoms with Crippen molar-refractivity contribution in [2.24, 2.45) is 0 Å². The minimum absolute atomic E-state index is 0.00306. The molecule has 1 fully saturated rings. The Morgan fingerprint density at radius 2 is 1.96 bits per heavy atom. The third-order valence-electron chi connectivity index (χ3n) is 4.55. The molecule has 2 heterocycles. The number of amides is 1. The van der Waals surface area contributed by atoms with Gasteiger partial charge in [0.05, 0.1) is 6.54 Å². The van der Waals surface area contributed by atoms with Gasteiger partial charge in [-0.2, -0.15) is 0 Å². The molecule has 24 heavy (non-hydrogen) atoms. The maximum atomic E-state index is 12.4. The second-order valence-electron chi connectivity index (χ2n) is 6.16. The predicted molar refractivity (Wildman–Crippen MR) is 91.2 cm³/mol. The van der Waals surface area contributed by atoms with Gasteiger partial charge in [-0.25, -0.2) is 0 Å². The number of nitrogens with one attached hydrogen (secondary N) is 1. The summed E-state index contributed by atoms with van der Waals surface area (Å²) in [6, 6.07) is 16.2. The Labute approximate surface area is 141 Å². The molecule has 4 rings (SSSR count). The summed E-state index contributed by atoms with van der Waals surface area (Å²) in [5.74, 6) is 1.39. The standard InChI is InChI=1S/C19H20N2O3/c22-19(20-15-8-9-17-18(11-15)24-13-23-17)12-21-10-4-7-16(21)14-5-2-1-3-6-14/h1-3,5-6,8-9,11,16H,4,7,10,12-13H2,(H,20,22)/t16-/m1/s1. The van der Waals surface area contributed by atoms with Crippen LogP contribution in [0, 0.1) is 0 Å². The summed E-state index contributed by atoms with van der Waals surface area (Å²) in [6.45, 7) is 1.58. The first-order valence-corrected chi connectivity index (χ1v) is 8.28. The molecule has 2 aliphatic rings. The molecular weight excluding hydrogens is 304 g/mol. The first-order chi connectivity index (χ1) is 11.8. The molecule has 0 bridgehead atoms. The van der Waals surface area contributed by atoms with E-state index in [9.17, 15) is 4.79 Å². The molecule has 5 nitrogen and oxygen atoms in total. The molecular formula is C19H20N2O3. The number of hydrogen-bond donors (Lipinski definition) is 1. The van der Waals surface area contributed by atoms with Crippen LogP contribution in [-0.4, -0.2) is 30.7 Å². The summed E-state index contributed by atoms with van der Waals surface area (Å²) < 4.78 is 10.6. The maximum absolute atomic E-state index is 12.4. The lowest BCUT2D eigenvalue weighted by Crippen LogP contribution is -2.32. The van der Waals surface area contributed by atoms with E-state index in [4.69, 9.17) is 9.47 Å². The summed E-state index contributed by atoms with van der Waals surface area (Å²) in [7, 11) is 0. The number of carbonyl (C=O) groups excluding carboxylic acids is 1. The van der Waals surface area contributed by atoms with Gasteiger partial charge in [0.25, 0.3) is 0 Å². The minimum atomic E-state index is -0.00306. The first-order valence-electron chi connectivity index (χ1n) is 8.28. The van der Waals surface area contributed by atoms with Crippen molar-refractivity contribution >= 4 is 11.6 Å². The average molecular weight is 324 g/mol. The average Bonchev–Trinajstić information content (AvgIpc) is 3.24. The van der Waals surface area contributed by atoms with Crippen LogP contribution in [-0.2, 0) is 4.79 Å². The number of ether oxygens (including phenoxy) is 2. The van der Waals surface area contributed by atoms with Gasteiger partial charge in [-0.05, 0) is 37.1 Å². The Hall–Kier alpha value is -2.53. The fourth-order valence-corrected chi connectivity index (χ4v) is 3.43. The van der Waals surface area contributed by atoms with E-state index >= 15 is 0 Å². The number of likely N-dealkylation sites (tertiary alicyclic amines) is 1. The summed E-state index contributed by atoms with van der Waals surface area (Å²) in [6.07, 6.45) is 2.22. The third-order valence-corrected chi connectivity index (χ3v) is 4.55. The van der Waals surface area contributed by atoms with Crippen LogP contribution < -0.4 is 14.8 Å². The third kappa shape index (κ3) is 3.08. The normalized spacial score (nSPS) is 19.4. The smallest absolute Gasteiger partial charge is 0.238 e. The zero-order chi connectivity index (χ0) is 16.4. The van der Waals surface area contributed by atoms with Gasteiger partial charge in [-0.3, -0.25) is 9.69 Å². The number of nitrogens with zero attached hydrogens (tertiary/aromatic N) is 1. The zero-order valence-electron chi connectivity index (χ0n) is 13.4. The van der Waals surface area contributed by atoms with Gasteiger partial charge >= 0.3 is 0 Å². The molecule has 2 aromatic rings. The Morgan fingerprint density at radius 3 is 2.83 bits per heavy atom. The number of rotatable bonds is 4. The molecule has 1 atom stereocenters. The number of carbonyl (C=O) groups is 1. The highest BCUT2D eigenvalue weighted by Crippen LogP contribution is 2.34. The molecule has 0 radical (unpaired) electrons. The highest BCUT2D eigenvalue weighted by atomic mass is 16.7. The van der Waals surface area contributed by atoms with E-state index in [1.807, 2.05) is 18.2 Å². The zero-order valence-corrected chi connectivity index (χ0v) is 13.4. The molecule has 0 unspecified atom stereocenters. The minimum Gasteiger partial charge on any atom is -0.454 e.